The van der Waals surface area contributed by atoms with E-state index in [1.165, 1.54) is 11.8 Å². The van der Waals surface area contributed by atoms with Gasteiger partial charge < -0.3 is 15.2 Å². The SMILES string of the molecule is N#Cc1ccc(OCCSCC(NC=O)C(=O)O)cc1. The number of carboxylic acids is 1. The quantitative estimate of drug-likeness (QED) is 0.518. The first kappa shape index (κ1) is 15.9. The molecule has 0 aromatic heterocycles. The van der Waals surface area contributed by atoms with Crippen molar-refractivity contribution in [3.8, 4) is 11.8 Å². The monoisotopic (exact) mass is 294 g/mol. The van der Waals surface area contributed by atoms with Crippen LogP contribution in [0.2, 0.25) is 0 Å². The predicted molar refractivity (Wildman–Crippen MR) is 74.6 cm³/mol. The van der Waals surface area contributed by atoms with Crippen molar-refractivity contribution in [2.75, 3.05) is 18.1 Å². The Kier molecular flexibility index (Phi) is 7.00. The average molecular weight is 294 g/mol. The highest BCUT2D eigenvalue weighted by Gasteiger charge is 2.15. The lowest BCUT2D eigenvalue weighted by Gasteiger charge is -2.10. The first-order valence-electron chi connectivity index (χ1n) is 5.80. The third kappa shape index (κ3) is 5.63. The summed E-state index contributed by atoms with van der Waals surface area (Å²) in [7, 11) is 0. The van der Waals surface area contributed by atoms with Crippen LogP contribution in [0, 0.1) is 11.3 Å². The highest BCUT2D eigenvalue weighted by molar-refractivity contribution is 7.99. The van der Waals surface area contributed by atoms with Crippen LogP contribution in [0.4, 0.5) is 0 Å². The molecule has 1 amide bonds. The maximum absolute atomic E-state index is 10.7. The highest BCUT2D eigenvalue weighted by atomic mass is 32.2. The van der Waals surface area contributed by atoms with Crippen molar-refractivity contribution in [2.24, 2.45) is 0 Å². The largest absolute Gasteiger partial charge is 0.493 e. The number of carbonyl (C=O) groups is 2. The smallest absolute Gasteiger partial charge is 0.327 e. The Balaban J connectivity index is 2.22. The number of carboxylic acid groups (broad SMARTS) is 1. The molecule has 20 heavy (non-hydrogen) atoms. The molecule has 0 saturated heterocycles. The zero-order chi connectivity index (χ0) is 14.8. The van der Waals surface area contributed by atoms with Gasteiger partial charge in [-0.3, -0.25) is 4.79 Å². The molecule has 0 heterocycles. The molecule has 1 unspecified atom stereocenters. The van der Waals surface area contributed by atoms with E-state index >= 15 is 0 Å². The maximum atomic E-state index is 10.7. The van der Waals surface area contributed by atoms with Crippen LogP contribution >= 0.6 is 11.8 Å². The average Bonchev–Trinajstić information content (AvgIpc) is 2.46. The zero-order valence-electron chi connectivity index (χ0n) is 10.6. The van der Waals surface area contributed by atoms with Gasteiger partial charge in [0.05, 0.1) is 18.2 Å². The van der Waals surface area contributed by atoms with Crippen LogP contribution in [-0.2, 0) is 9.59 Å². The van der Waals surface area contributed by atoms with E-state index in [0.717, 1.165) is 0 Å². The third-order valence-electron chi connectivity index (χ3n) is 2.33. The number of hydrogen-bond acceptors (Lipinski definition) is 5. The van der Waals surface area contributed by atoms with Crippen molar-refractivity contribution in [3.05, 3.63) is 29.8 Å². The van der Waals surface area contributed by atoms with Gasteiger partial charge in [-0.25, -0.2) is 4.79 Å². The van der Waals surface area contributed by atoms with E-state index in [9.17, 15) is 9.59 Å². The van der Waals surface area contributed by atoms with Gasteiger partial charge in [0.1, 0.15) is 11.8 Å². The Hall–Kier alpha value is -2.20. The molecule has 7 heteroatoms. The van der Waals surface area contributed by atoms with Gasteiger partial charge in [0.2, 0.25) is 6.41 Å². The molecule has 1 aromatic rings. The van der Waals surface area contributed by atoms with Crippen LogP contribution in [-0.4, -0.2) is 41.6 Å². The lowest BCUT2D eigenvalue weighted by Crippen LogP contribution is -2.38. The molecule has 1 aromatic carbocycles. The Bertz CT molecular complexity index is 484. The molecule has 0 aliphatic heterocycles. The number of benzene rings is 1. The second-order valence-electron chi connectivity index (χ2n) is 3.73. The van der Waals surface area contributed by atoms with Crippen LogP contribution in [0.3, 0.4) is 0 Å². The summed E-state index contributed by atoms with van der Waals surface area (Å²) in [5.41, 5.74) is 0.566. The first-order valence-corrected chi connectivity index (χ1v) is 6.96. The van der Waals surface area contributed by atoms with Crippen LogP contribution in [0.1, 0.15) is 5.56 Å². The summed E-state index contributed by atoms with van der Waals surface area (Å²) in [6, 6.07) is 7.87. The van der Waals surface area contributed by atoms with E-state index in [2.05, 4.69) is 5.32 Å². The van der Waals surface area contributed by atoms with E-state index in [4.69, 9.17) is 15.1 Å². The number of ether oxygens (including phenoxy) is 1. The Labute approximate surface area is 120 Å². The molecule has 0 fully saturated rings. The van der Waals surface area contributed by atoms with Crippen molar-refractivity contribution in [3.63, 3.8) is 0 Å². The van der Waals surface area contributed by atoms with Crippen molar-refractivity contribution in [2.45, 2.75) is 6.04 Å². The minimum atomic E-state index is -1.06. The molecule has 6 nitrogen and oxygen atoms in total. The van der Waals surface area contributed by atoms with Crippen LogP contribution in [0.5, 0.6) is 5.75 Å². The minimum absolute atomic E-state index is 0.283. The lowest BCUT2D eigenvalue weighted by atomic mass is 10.2. The second kappa shape index (κ2) is 8.82. The number of rotatable bonds is 9. The van der Waals surface area contributed by atoms with Gasteiger partial charge in [-0.1, -0.05) is 0 Å². The molecular formula is C13H14N2O4S. The van der Waals surface area contributed by atoms with Crippen LogP contribution in [0.25, 0.3) is 0 Å². The normalized spacial score (nSPS) is 11.2. The van der Waals surface area contributed by atoms with Gasteiger partial charge >= 0.3 is 5.97 Å². The topological polar surface area (TPSA) is 99.4 Å². The molecule has 0 aliphatic carbocycles. The molecule has 0 spiro atoms. The molecule has 1 atom stereocenters. The van der Waals surface area contributed by atoms with Gasteiger partial charge in [0.25, 0.3) is 0 Å². The Morgan fingerprint density at radius 1 is 1.50 bits per heavy atom. The Morgan fingerprint density at radius 3 is 2.75 bits per heavy atom. The summed E-state index contributed by atoms with van der Waals surface area (Å²) in [6.07, 6.45) is 0.382. The van der Waals surface area contributed by atoms with E-state index in [-0.39, 0.29) is 5.75 Å². The molecule has 0 radical (unpaired) electrons. The minimum Gasteiger partial charge on any atom is -0.493 e. The van der Waals surface area contributed by atoms with Gasteiger partial charge in [-0.2, -0.15) is 17.0 Å². The summed E-state index contributed by atoms with van der Waals surface area (Å²) < 4.78 is 5.44. The fourth-order valence-electron chi connectivity index (χ4n) is 1.32. The number of aliphatic carboxylic acids is 1. The molecular weight excluding hydrogens is 280 g/mol. The van der Waals surface area contributed by atoms with Crippen molar-refractivity contribution >= 4 is 24.1 Å². The van der Waals surface area contributed by atoms with Gasteiger partial charge in [-0.05, 0) is 24.3 Å². The van der Waals surface area contributed by atoms with Gasteiger partial charge in [0.15, 0.2) is 0 Å². The van der Waals surface area contributed by atoms with E-state index in [1.54, 1.807) is 24.3 Å². The molecule has 0 bridgehead atoms. The molecule has 106 valence electrons. The number of nitrogens with zero attached hydrogens (tertiary/aromatic N) is 1. The number of nitriles is 1. The predicted octanol–water partition coefficient (Wildman–Crippen LogP) is 0.869. The van der Waals surface area contributed by atoms with Crippen molar-refractivity contribution < 1.29 is 19.4 Å². The summed E-state index contributed by atoms with van der Waals surface area (Å²) in [5.74, 6) is 0.484. The summed E-state index contributed by atoms with van der Waals surface area (Å²) in [6.45, 7) is 0.421. The summed E-state index contributed by atoms with van der Waals surface area (Å²) in [5, 5.41) is 19.7. The molecule has 2 N–H and O–H groups in total. The van der Waals surface area contributed by atoms with Gasteiger partial charge in [-0.15, -0.1) is 0 Å². The lowest BCUT2D eigenvalue weighted by molar-refractivity contribution is -0.139. The third-order valence-corrected chi connectivity index (χ3v) is 3.36. The van der Waals surface area contributed by atoms with Gasteiger partial charge in [0, 0.05) is 11.5 Å². The molecule has 0 aliphatic rings. The number of carbonyl (C=O) groups excluding carboxylic acids is 1. The number of hydrogen-bond donors (Lipinski definition) is 2. The fourth-order valence-corrected chi connectivity index (χ4v) is 2.16. The summed E-state index contributed by atoms with van der Waals surface area (Å²) in [4.78, 5) is 21.0. The first-order chi connectivity index (χ1) is 9.67. The maximum Gasteiger partial charge on any atom is 0.327 e. The highest BCUT2D eigenvalue weighted by Crippen LogP contribution is 2.12. The van der Waals surface area contributed by atoms with E-state index in [1.807, 2.05) is 6.07 Å². The summed E-state index contributed by atoms with van der Waals surface area (Å²) >= 11 is 1.38. The molecule has 1 rings (SSSR count). The standard InChI is InChI=1S/C13H14N2O4S/c14-7-10-1-3-11(4-2-10)19-5-6-20-8-12(13(17)18)15-9-16/h1-4,9,12H,5-6,8H2,(H,15,16)(H,17,18). The fraction of sp³-hybridized carbons (Fsp3) is 0.308. The number of thioether (sulfide) groups is 1. The van der Waals surface area contributed by atoms with Crippen LogP contribution in [0.15, 0.2) is 24.3 Å². The number of nitrogens with one attached hydrogen (secondary N) is 1. The molecule has 0 saturated carbocycles. The Morgan fingerprint density at radius 2 is 2.20 bits per heavy atom. The number of amides is 1. The van der Waals surface area contributed by atoms with E-state index in [0.29, 0.717) is 30.1 Å². The van der Waals surface area contributed by atoms with Crippen molar-refractivity contribution in [1.29, 1.82) is 5.26 Å². The van der Waals surface area contributed by atoms with Crippen molar-refractivity contribution in [1.82, 2.24) is 5.32 Å². The second-order valence-corrected chi connectivity index (χ2v) is 4.88. The van der Waals surface area contributed by atoms with E-state index < -0.39 is 12.0 Å². The zero-order valence-corrected chi connectivity index (χ0v) is 11.4. The van der Waals surface area contributed by atoms with Crippen LogP contribution < -0.4 is 10.1 Å².